The van der Waals surface area contributed by atoms with Crippen LogP contribution in [0.4, 0.5) is 0 Å². The molecule has 0 aromatic heterocycles. The van der Waals surface area contributed by atoms with E-state index in [2.05, 4.69) is 84.9 Å². The second-order valence-electron chi connectivity index (χ2n) is 4.47. The van der Waals surface area contributed by atoms with Gasteiger partial charge in [0.1, 0.15) is 0 Å². The zero-order valence-electron chi connectivity index (χ0n) is 11.8. The fourth-order valence-corrected chi connectivity index (χ4v) is 2.45. The molecule has 3 rings (SSSR count). The van der Waals surface area contributed by atoms with Gasteiger partial charge in [-0.2, -0.15) is 17.6 Å². The molecule has 0 spiro atoms. The Morgan fingerprint density at radius 3 is 1.27 bits per heavy atom. The average molecular weight is 427 g/mol. The molecule has 0 aliphatic carbocycles. The van der Waals surface area contributed by atoms with Gasteiger partial charge in [-0.05, 0) is 0 Å². The molecule has 5 heteroatoms. The van der Waals surface area contributed by atoms with Gasteiger partial charge >= 0.3 is 26.2 Å². The van der Waals surface area contributed by atoms with E-state index >= 15 is 0 Å². The van der Waals surface area contributed by atoms with Gasteiger partial charge in [0.05, 0.1) is 0 Å². The first-order valence-electron chi connectivity index (χ1n) is 6.26. The topological polar surface area (TPSA) is 0 Å². The molecule has 0 nitrogen and oxygen atoms in total. The zero-order chi connectivity index (χ0) is 12.2. The van der Waals surface area contributed by atoms with Crippen LogP contribution in [-0.4, -0.2) is 6.71 Å². The molecule has 3 aromatic rings. The van der Waals surface area contributed by atoms with E-state index in [-0.39, 0.29) is 63.4 Å². The molecule has 0 amide bonds. The molecular formula is C17H14BCl3Zr. The molecule has 0 aliphatic heterocycles. The summed E-state index contributed by atoms with van der Waals surface area (Å²) in [6, 6.07) is 30.0. The van der Waals surface area contributed by atoms with Crippen LogP contribution in [0.25, 0.3) is 0 Å². The molecular weight excluding hydrogens is 413 g/mol. The predicted molar refractivity (Wildman–Crippen MR) is 79.6 cm³/mol. The van der Waals surface area contributed by atoms with Gasteiger partial charge in [-0.1, -0.05) is 71.6 Å². The quantitative estimate of drug-likeness (QED) is 0.289. The van der Waals surface area contributed by atoms with Crippen LogP contribution in [-0.2, 0) is 26.2 Å². The standard InChI is InChI=1S/C17H14B.3ClH.Zr/c1-3-9-15(10-4-1)18(17-13-7-8-14-17)16-11-5-2-6-12-16;;;;/h1-14H;3*1H;/q-1;;;;+4/p-3. The molecule has 0 radical (unpaired) electrons. The number of benzene rings is 2. The van der Waals surface area contributed by atoms with Gasteiger partial charge in [0, 0.05) is 0 Å². The van der Waals surface area contributed by atoms with Gasteiger partial charge in [0.25, 0.3) is 0 Å². The van der Waals surface area contributed by atoms with E-state index in [0.29, 0.717) is 6.71 Å². The van der Waals surface area contributed by atoms with Crippen LogP contribution >= 0.6 is 0 Å². The van der Waals surface area contributed by atoms with Crippen molar-refractivity contribution in [1.29, 1.82) is 0 Å². The van der Waals surface area contributed by atoms with Crippen LogP contribution in [0.5, 0.6) is 0 Å². The van der Waals surface area contributed by atoms with Crippen molar-refractivity contribution in [3.63, 3.8) is 0 Å². The van der Waals surface area contributed by atoms with Crippen molar-refractivity contribution in [2.45, 2.75) is 0 Å². The summed E-state index contributed by atoms with van der Waals surface area (Å²) in [6.45, 7) is 0.336. The number of hydrogen-bond acceptors (Lipinski definition) is 0. The van der Waals surface area contributed by atoms with Crippen molar-refractivity contribution < 1.29 is 63.4 Å². The van der Waals surface area contributed by atoms with Crippen LogP contribution in [0, 0.1) is 0 Å². The number of halogens is 3. The zero-order valence-corrected chi connectivity index (χ0v) is 16.5. The molecule has 0 unspecified atom stereocenters. The Morgan fingerprint density at radius 2 is 0.909 bits per heavy atom. The second-order valence-corrected chi connectivity index (χ2v) is 4.47. The Kier molecular flexibility index (Phi) is 13.1. The molecule has 3 aromatic carbocycles. The summed E-state index contributed by atoms with van der Waals surface area (Å²) in [5, 5.41) is 0. The van der Waals surface area contributed by atoms with Crippen molar-refractivity contribution in [2.24, 2.45) is 0 Å². The maximum atomic E-state index is 2.20. The maximum absolute atomic E-state index is 2.20. The fraction of sp³-hybridized carbons (Fsp3) is 0. The average Bonchev–Trinajstić information content (AvgIpc) is 2.95. The van der Waals surface area contributed by atoms with E-state index in [4.69, 9.17) is 0 Å². The third-order valence-electron chi connectivity index (χ3n) is 3.29. The van der Waals surface area contributed by atoms with Gasteiger partial charge in [0.2, 0.25) is 0 Å². The normalized spacial score (nSPS) is 8.36. The fourth-order valence-electron chi connectivity index (χ4n) is 2.45. The minimum absolute atomic E-state index is 0. The van der Waals surface area contributed by atoms with Crippen LogP contribution < -0.4 is 53.6 Å². The Bertz CT molecular complexity index is 561. The SMILES string of the molecule is [Cl-].[Cl-].[Cl-].[Zr+4].c1ccc(B(c2ccccc2)[c-]2cccc2)cc1. The van der Waals surface area contributed by atoms with E-state index in [1.165, 1.54) is 16.4 Å². The molecule has 0 saturated carbocycles. The van der Waals surface area contributed by atoms with Crippen LogP contribution in [0.2, 0.25) is 0 Å². The second kappa shape index (κ2) is 12.1. The number of rotatable bonds is 3. The summed E-state index contributed by atoms with van der Waals surface area (Å²) in [5.41, 5.74) is 4.04. The smallest absolute Gasteiger partial charge is 1.00 e. The molecule has 110 valence electrons. The number of hydrogen-bond donors (Lipinski definition) is 0. The summed E-state index contributed by atoms with van der Waals surface area (Å²) < 4.78 is 0. The van der Waals surface area contributed by atoms with Crippen molar-refractivity contribution in [2.75, 3.05) is 0 Å². The van der Waals surface area contributed by atoms with Crippen molar-refractivity contribution >= 4 is 23.1 Å². The summed E-state index contributed by atoms with van der Waals surface area (Å²) in [4.78, 5) is 0. The molecule has 0 aliphatic rings. The molecule has 0 fully saturated rings. The minimum atomic E-state index is 0. The minimum Gasteiger partial charge on any atom is -1.00 e. The van der Waals surface area contributed by atoms with Gasteiger partial charge < -0.3 is 37.2 Å². The first-order valence-corrected chi connectivity index (χ1v) is 6.26. The van der Waals surface area contributed by atoms with E-state index in [1.54, 1.807) is 0 Å². The summed E-state index contributed by atoms with van der Waals surface area (Å²) in [6.07, 6.45) is 0. The summed E-state index contributed by atoms with van der Waals surface area (Å²) in [7, 11) is 0. The Hall–Kier alpha value is -0.392. The molecule has 0 N–H and O–H groups in total. The van der Waals surface area contributed by atoms with E-state index in [9.17, 15) is 0 Å². The van der Waals surface area contributed by atoms with Gasteiger partial charge in [0.15, 0.2) is 6.71 Å². The van der Waals surface area contributed by atoms with E-state index < -0.39 is 0 Å². The van der Waals surface area contributed by atoms with Crippen LogP contribution in [0.1, 0.15) is 0 Å². The van der Waals surface area contributed by atoms with Crippen LogP contribution in [0.15, 0.2) is 84.9 Å². The Labute approximate surface area is 170 Å². The van der Waals surface area contributed by atoms with E-state index in [1.807, 2.05) is 0 Å². The van der Waals surface area contributed by atoms with Crippen molar-refractivity contribution in [3.8, 4) is 0 Å². The van der Waals surface area contributed by atoms with Crippen molar-refractivity contribution in [1.82, 2.24) is 0 Å². The summed E-state index contributed by atoms with van der Waals surface area (Å²) >= 11 is 0. The predicted octanol–water partition coefficient (Wildman–Crippen LogP) is -7.07. The molecule has 22 heavy (non-hydrogen) atoms. The van der Waals surface area contributed by atoms with Gasteiger partial charge in [-0.25, -0.2) is 12.1 Å². The van der Waals surface area contributed by atoms with Gasteiger partial charge in [-0.15, -0.1) is 0 Å². The third kappa shape index (κ3) is 5.67. The first-order chi connectivity index (χ1) is 8.95. The Morgan fingerprint density at radius 1 is 0.545 bits per heavy atom. The van der Waals surface area contributed by atoms with E-state index in [0.717, 1.165) is 0 Å². The maximum Gasteiger partial charge on any atom is 4.00 e. The third-order valence-corrected chi connectivity index (χ3v) is 3.29. The van der Waals surface area contributed by atoms with Crippen LogP contribution in [0.3, 0.4) is 0 Å². The molecule has 0 bridgehead atoms. The first kappa shape index (κ1) is 23.9. The summed E-state index contributed by atoms with van der Waals surface area (Å²) in [5.74, 6) is 0. The molecule has 0 heterocycles. The largest absolute Gasteiger partial charge is 4.00 e. The molecule has 0 saturated heterocycles. The molecule has 0 atom stereocenters. The van der Waals surface area contributed by atoms with Crippen molar-refractivity contribution in [3.05, 3.63) is 84.9 Å². The monoisotopic (exact) mass is 424 g/mol. The Balaban J connectivity index is 0. The van der Waals surface area contributed by atoms with Gasteiger partial charge in [-0.3, -0.25) is 0 Å².